The second-order valence-electron chi connectivity index (χ2n) is 5.92. The number of likely N-dealkylation sites (N-methyl/N-ethyl adjacent to an activating group) is 1. The van der Waals surface area contributed by atoms with Crippen molar-refractivity contribution in [1.29, 1.82) is 5.26 Å². The number of nitrogens with zero attached hydrogens (tertiary/aromatic N) is 3. The van der Waals surface area contributed by atoms with E-state index >= 15 is 0 Å². The Kier molecular flexibility index (Phi) is 2.48. The molecule has 20 heavy (non-hydrogen) atoms. The minimum Gasteiger partial charge on any atom is -0.365 e. The van der Waals surface area contributed by atoms with Gasteiger partial charge in [-0.25, -0.2) is 0 Å². The maximum atomic E-state index is 9.26. The predicted molar refractivity (Wildman–Crippen MR) is 80.8 cm³/mol. The van der Waals surface area contributed by atoms with Crippen LogP contribution in [0.4, 0.5) is 5.69 Å². The Morgan fingerprint density at radius 3 is 2.50 bits per heavy atom. The number of likely N-dealkylation sites (tertiary alicyclic amines) is 1. The lowest BCUT2D eigenvalue weighted by Crippen LogP contribution is -2.44. The predicted octanol–water partition coefficient (Wildman–Crippen LogP) is 2.60. The van der Waals surface area contributed by atoms with Crippen molar-refractivity contribution < 1.29 is 0 Å². The second kappa shape index (κ2) is 4.22. The van der Waals surface area contributed by atoms with Gasteiger partial charge >= 0.3 is 0 Å². The van der Waals surface area contributed by atoms with Crippen LogP contribution in [0.15, 0.2) is 36.4 Å². The molecule has 2 aliphatic heterocycles. The van der Waals surface area contributed by atoms with E-state index < -0.39 is 0 Å². The minimum absolute atomic E-state index is 0.626. The topological polar surface area (TPSA) is 30.3 Å². The summed E-state index contributed by atoms with van der Waals surface area (Å²) < 4.78 is 0. The number of hydrogen-bond acceptors (Lipinski definition) is 3. The normalized spacial score (nSPS) is 25.3. The molecule has 4 rings (SSSR count). The number of anilines is 1. The Morgan fingerprint density at radius 1 is 1.05 bits per heavy atom. The van der Waals surface area contributed by atoms with Gasteiger partial charge < -0.3 is 4.90 Å². The minimum atomic E-state index is 0.626. The highest BCUT2D eigenvalue weighted by molar-refractivity contribution is 5.98. The van der Waals surface area contributed by atoms with Gasteiger partial charge in [0.25, 0.3) is 0 Å². The second-order valence-corrected chi connectivity index (χ2v) is 5.92. The number of nitriles is 1. The van der Waals surface area contributed by atoms with E-state index in [-0.39, 0.29) is 0 Å². The highest BCUT2D eigenvalue weighted by Gasteiger charge is 2.41. The lowest BCUT2D eigenvalue weighted by Gasteiger charge is -2.34. The van der Waals surface area contributed by atoms with Crippen LogP contribution in [0.3, 0.4) is 0 Å². The summed E-state index contributed by atoms with van der Waals surface area (Å²) in [6.45, 7) is 2.26. The summed E-state index contributed by atoms with van der Waals surface area (Å²) in [7, 11) is 2.22. The van der Waals surface area contributed by atoms with Gasteiger partial charge in [-0.1, -0.05) is 24.3 Å². The molecule has 2 unspecified atom stereocenters. The van der Waals surface area contributed by atoms with Gasteiger partial charge in [0.2, 0.25) is 0 Å². The van der Waals surface area contributed by atoms with Crippen LogP contribution in [-0.4, -0.2) is 37.1 Å². The standard InChI is InChI=1S/C17H17N3/c1-19-10-14-8-13(19)11-20(14)17-7-6-12(9-18)15-4-2-3-5-16(15)17/h2-7,13-14H,8,10-11H2,1H3. The van der Waals surface area contributed by atoms with E-state index in [0.29, 0.717) is 12.1 Å². The van der Waals surface area contributed by atoms with E-state index in [1.165, 1.54) is 17.5 Å². The van der Waals surface area contributed by atoms with Crippen molar-refractivity contribution in [2.24, 2.45) is 0 Å². The van der Waals surface area contributed by atoms with E-state index in [4.69, 9.17) is 0 Å². The fourth-order valence-electron chi connectivity index (χ4n) is 3.79. The van der Waals surface area contributed by atoms with E-state index in [2.05, 4.69) is 47.2 Å². The van der Waals surface area contributed by atoms with Crippen LogP contribution < -0.4 is 4.90 Å². The zero-order chi connectivity index (χ0) is 13.7. The van der Waals surface area contributed by atoms with Gasteiger partial charge in [-0.15, -0.1) is 0 Å². The summed E-state index contributed by atoms with van der Waals surface area (Å²) >= 11 is 0. The molecule has 3 heteroatoms. The highest BCUT2D eigenvalue weighted by atomic mass is 15.3. The summed E-state index contributed by atoms with van der Waals surface area (Å²) in [6, 6.07) is 16.0. The SMILES string of the molecule is CN1CC2CC1CN2c1ccc(C#N)c2ccccc12. The molecule has 2 aromatic rings. The third kappa shape index (κ3) is 1.55. The number of fused-ring (bicyclic) bond motifs is 3. The van der Waals surface area contributed by atoms with Crippen LogP contribution in [0.5, 0.6) is 0 Å². The van der Waals surface area contributed by atoms with Gasteiger partial charge in [-0.2, -0.15) is 5.26 Å². The number of benzene rings is 2. The molecule has 0 spiro atoms. The smallest absolute Gasteiger partial charge is 0.0998 e. The Labute approximate surface area is 119 Å². The Morgan fingerprint density at radius 2 is 1.85 bits per heavy atom. The lowest BCUT2D eigenvalue weighted by atomic mass is 10.0. The van der Waals surface area contributed by atoms with Crippen molar-refractivity contribution >= 4 is 16.5 Å². The van der Waals surface area contributed by atoms with Crippen LogP contribution in [-0.2, 0) is 0 Å². The molecule has 2 bridgehead atoms. The maximum absolute atomic E-state index is 9.26. The first-order valence-electron chi connectivity index (χ1n) is 7.16. The zero-order valence-corrected chi connectivity index (χ0v) is 11.6. The van der Waals surface area contributed by atoms with Crippen molar-refractivity contribution in [2.45, 2.75) is 18.5 Å². The Hall–Kier alpha value is -2.05. The van der Waals surface area contributed by atoms with Crippen molar-refractivity contribution in [2.75, 3.05) is 25.0 Å². The molecule has 3 nitrogen and oxygen atoms in total. The first kappa shape index (κ1) is 11.7. The summed E-state index contributed by atoms with van der Waals surface area (Å²) in [5, 5.41) is 11.5. The molecule has 2 saturated heterocycles. The molecule has 2 heterocycles. The van der Waals surface area contributed by atoms with Crippen molar-refractivity contribution in [1.82, 2.24) is 4.90 Å². The molecule has 2 atom stereocenters. The third-order valence-electron chi connectivity index (χ3n) is 4.85. The first-order chi connectivity index (χ1) is 9.78. The molecule has 0 saturated carbocycles. The van der Waals surface area contributed by atoms with Crippen LogP contribution >= 0.6 is 0 Å². The molecule has 2 aromatic carbocycles. The molecular formula is C17H17N3. The van der Waals surface area contributed by atoms with Gasteiger partial charge in [0.05, 0.1) is 11.6 Å². The molecule has 100 valence electrons. The Balaban J connectivity index is 1.84. The zero-order valence-electron chi connectivity index (χ0n) is 11.6. The van der Waals surface area contributed by atoms with Gasteiger partial charge in [0, 0.05) is 41.6 Å². The molecule has 0 radical (unpaired) electrons. The van der Waals surface area contributed by atoms with Crippen LogP contribution in [0, 0.1) is 11.3 Å². The molecule has 2 fully saturated rings. The van der Waals surface area contributed by atoms with Gasteiger partial charge in [0.1, 0.15) is 0 Å². The average Bonchev–Trinajstić information content (AvgIpc) is 3.05. The van der Waals surface area contributed by atoms with E-state index in [1.54, 1.807) is 0 Å². The average molecular weight is 263 g/mol. The lowest BCUT2D eigenvalue weighted by molar-refractivity contribution is 0.293. The Bertz CT molecular complexity index is 714. The fourth-order valence-corrected chi connectivity index (χ4v) is 3.79. The summed E-state index contributed by atoms with van der Waals surface area (Å²) in [6.07, 6.45) is 1.27. The fraction of sp³-hybridized carbons (Fsp3) is 0.353. The highest BCUT2D eigenvalue weighted by Crippen LogP contribution is 2.37. The van der Waals surface area contributed by atoms with Crippen LogP contribution in [0.2, 0.25) is 0 Å². The first-order valence-corrected chi connectivity index (χ1v) is 7.16. The van der Waals surface area contributed by atoms with Crippen molar-refractivity contribution in [3.05, 3.63) is 42.0 Å². The number of piperazine rings is 1. The summed E-state index contributed by atoms with van der Waals surface area (Å²) in [5.41, 5.74) is 2.06. The molecule has 2 aliphatic rings. The maximum Gasteiger partial charge on any atom is 0.0998 e. The summed E-state index contributed by atoms with van der Waals surface area (Å²) in [5.74, 6) is 0. The monoisotopic (exact) mass is 263 g/mol. The largest absolute Gasteiger partial charge is 0.365 e. The van der Waals surface area contributed by atoms with Crippen molar-refractivity contribution in [3.8, 4) is 6.07 Å². The van der Waals surface area contributed by atoms with E-state index in [1.807, 2.05) is 12.1 Å². The number of rotatable bonds is 1. The van der Waals surface area contributed by atoms with Gasteiger partial charge in [-0.05, 0) is 25.6 Å². The third-order valence-corrected chi connectivity index (χ3v) is 4.85. The summed E-state index contributed by atoms with van der Waals surface area (Å²) in [4.78, 5) is 5.00. The molecule has 0 amide bonds. The number of hydrogen-bond donors (Lipinski definition) is 0. The van der Waals surface area contributed by atoms with Gasteiger partial charge in [0.15, 0.2) is 0 Å². The van der Waals surface area contributed by atoms with E-state index in [9.17, 15) is 5.26 Å². The molecule has 0 aromatic heterocycles. The van der Waals surface area contributed by atoms with Crippen LogP contribution in [0.1, 0.15) is 12.0 Å². The molecule has 0 N–H and O–H groups in total. The molecule has 0 aliphatic carbocycles. The molecular weight excluding hydrogens is 246 g/mol. The van der Waals surface area contributed by atoms with E-state index in [0.717, 1.165) is 24.0 Å². The quantitative estimate of drug-likeness (QED) is 0.792. The van der Waals surface area contributed by atoms with Gasteiger partial charge in [-0.3, -0.25) is 4.90 Å². The van der Waals surface area contributed by atoms with Crippen LogP contribution in [0.25, 0.3) is 10.8 Å². The van der Waals surface area contributed by atoms with Crippen molar-refractivity contribution in [3.63, 3.8) is 0 Å².